The van der Waals surface area contributed by atoms with Crippen molar-refractivity contribution in [1.82, 2.24) is 0 Å². The zero-order valence-corrected chi connectivity index (χ0v) is 16.0. The van der Waals surface area contributed by atoms with Crippen LogP contribution in [0.1, 0.15) is 6.92 Å². The van der Waals surface area contributed by atoms with Crippen LogP contribution in [-0.2, 0) is 6.54 Å². The van der Waals surface area contributed by atoms with Crippen molar-refractivity contribution in [2.24, 2.45) is 0 Å². The maximum Gasteiger partial charge on any atom is 0.269 e. The third-order valence-electron chi connectivity index (χ3n) is 4.84. The molecule has 1 heterocycles. The van der Waals surface area contributed by atoms with E-state index < -0.39 is 4.92 Å². The third kappa shape index (κ3) is 3.08. The van der Waals surface area contributed by atoms with Gasteiger partial charge in [-0.25, -0.2) is 0 Å². The lowest BCUT2D eigenvalue weighted by Crippen LogP contribution is -3.00. The fraction of sp³-hybridized carbons (Fsp3) is 0.0952. The van der Waals surface area contributed by atoms with Gasteiger partial charge in [0.2, 0.25) is 11.2 Å². The normalized spacial score (nSPS) is 10.8. The van der Waals surface area contributed by atoms with Gasteiger partial charge in [-0.1, -0.05) is 6.07 Å². The van der Waals surface area contributed by atoms with Crippen molar-refractivity contribution in [3.05, 3.63) is 70.8 Å². The van der Waals surface area contributed by atoms with Crippen molar-refractivity contribution in [2.75, 3.05) is 11.5 Å². The lowest BCUT2D eigenvalue weighted by Gasteiger charge is -2.12. The van der Waals surface area contributed by atoms with Crippen molar-refractivity contribution < 1.29 is 21.9 Å². The van der Waals surface area contributed by atoms with E-state index in [1.54, 1.807) is 12.1 Å². The van der Waals surface area contributed by atoms with Gasteiger partial charge in [0.1, 0.15) is 6.54 Å². The number of nitro benzene ring substituents is 1. The van der Waals surface area contributed by atoms with Gasteiger partial charge in [-0.15, -0.1) is 0 Å². The molecule has 0 aliphatic heterocycles. The van der Waals surface area contributed by atoms with Gasteiger partial charge < -0.3 is 23.9 Å². The highest BCUT2D eigenvalue weighted by atomic mass is 35.5. The fourth-order valence-electron chi connectivity index (χ4n) is 3.64. The molecule has 0 bridgehead atoms. The predicted molar refractivity (Wildman–Crippen MR) is 108 cm³/mol. The van der Waals surface area contributed by atoms with Crippen LogP contribution in [0.25, 0.3) is 32.9 Å². The summed E-state index contributed by atoms with van der Waals surface area (Å²) in [6.45, 7) is 2.78. The van der Waals surface area contributed by atoms with Gasteiger partial charge in [-0.2, -0.15) is 4.57 Å². The van der Waals surface area contributed by atoms with Crippen molar-refractivity contribution >= 4 is 38.7 Å². The van der Waals surface area contributed by atoms with Crippen LogP contribution in [0.3, 0.4) is 0 Å². The van der Waals surface area contributed by atoms with Crippen LogP contribution in [0.2, 0.25) is 0 Å². The second kappa shape index (κ2) is 7.32. The van der Waals surface area contributed by atoms with Crippen molar-refractivity contribution in [2.45, 2.75) is 13.5 Å². The molecule has 0 atom stereocenters. The summed E-state index contributed by atoms with van der Waals surface area (Å²) in [6, 6.07) is 18.3. The molecule has 7 heteroatoms. The predicted octanol–water partition coefficient (Wildman–Crippen LogP) is 1.04. The first kappa shape index (κ1) is 19.4. The summed E-state index contributed by atoms with van der Waals surface area (Å²) in [6.07, 6.45) is 0. The number of rotatable bonds is 3. The van der Waals surface area contributed by atoms with E-state index in [1.165, 1.54) is 12.1 Å². The van der Waals surface area contributed by atoms with Crippen LogP contribution in [0, 0.1) is 10.1 Å². The minimum atomic E-state index is -0.394. The maximum atomic E-state index is 11.0. The minimum absolute atomic E-state index is 0. The van der Waals surface area contributed by atoms with E-state index in [1.807, 2.05) is 36.4 Å². The van der Waals surface area contributed by atoms with Crippen molar-refractivity contribution in [1.29, 1.82) is 0 Å². The molecule has 0 unspecified atom stereocenters. The summed E-state index contributed by atoms with van der Waals surface area (Å²) in [4.78, 5) is 10.6. The van der Waals surface area contributed by atoms with Gasteiger partial charge in [-0.05, 0) is 43.3 Å². The number of hydrogen-bond acceptors (Lipinski definition) is 4. The zero-order chi connectivity index (χ0) is 19.1. The molecule has 0 radical (unpaired) electrons. The Morgan fingerprint density at radius 3 is 2.11 bits per heavy atom. The van der Waals surface area contributed by atoms with Gasteiger partial charge >= 0.3 is 0 Å². The average molecular weight is 395 g/mol. The average Bonchev–Trinajstić information content (AvgIpc) is 2.66. The molecule has 0 saturated carbocycles. The third-order valence-corrected chi connectivity index (χ3v) is 4.84. The molecule has 6 nitrogen and oxygen atoms in total. The Kier molecular flexibility index (Phi) is 5.07. The van der Waals surface area contributed by atoms with Gasteiger partial charge in [0.15, 0.2) is 0 Å². The molecule has 3 aromatic carbocycles. The van der Waals surface area contributed by atoms with Gasteiger partial charge in [-0.3, -0.25) is 10.1 Å². The number of non-ortho nitro benzene ring substituents is 1. The number of nitrogens with two attached hydrogens (primary N) is 2. The van der Waals surface area contributed by atoms with E-state index >= 15 is 0 Å². The molecule has 0 amide bonds. The Hall–Kier alpha value is -3.38. The number of hydrogen-bond donors (Lipinski definition) is 2. The number of anilines is 2. The van der Waals surface area contributed by atoms with Gasteiger partial charge in [0.05, 0.1) is 15.7 Å². The van der Waals surface area contributed by atoms with Crippen LogP contribution >= 0.6 is 0 Å². The van der Waals surface area contributed by atoms with Crippen molar-refractivity contribution in [3.63, 3.8) is 0 Å². The number of nitrogens with zero attached hydrogens (tertiary/aromatic N) is 2. The molecule has 1 aromatic heterocycles. The van der Waals surface area contributed by atoms with Gasteiger partial charge in [0.25, 0.3) is 5.69 Å². The van der Waals surface area contributed by atoms with E-state index in [-0.39, 0.29) is 18.1 Å². The largest absolute Gasteiger partial charge is 1.00 e. The number of benzene rings is 3. The molecule has 0 saturated heterocycles. The Bertz CT molecular complexity index is 1210. The van der Waals surface area contributed by atoms with Crippen LogP contribution < -0.4 is 28.4 Å². The molecule has 4 N–H and O–H groups in total. The highest BCUT2D eigenvalue weighted by molar-refractivity contribution is 6.10. The standard InChI is InChI=1S/C21H18N4O2.ClH/c1-2-24-20-12-15(23)6-10-18(20)17-9-5-14(22)11-19(17)21(24)13-3-7-16(8-4-13)25(26)27;/h3-12,23H,2,22H2,1H3;1H. The van der Waals surface area contributed by atoms with Crippen molar-refractivity contribution in [3.8, 4) is 11.3 Å². The second-order valence-electron chi connectivity index (χ2n) is 6.48. The quantitative estimate of drug-likeness (QED) is 0.178. The lowest BCUT2D eigenvalue weighted by molar-refractivity contribution is -0.655. The van der Waals surface area contributed by atoms with Crippen LogP contribution in [0.15, 0.2) is 60.7 Å². The zero-order valence-electron chi connectivity index (χ0n) is 15.2. The Balaban J connectivity index is 0.00000225. The maximum absolute atomic E-state index is 11.0. The number of aryl methyl sites for hydroxylation is 1. The Labute approximate surface area is 167 Å². The smallest absolute Gasteiger partial charge is 0.269 e. The minimum Gasteiger partial charge on any atom is -1.00 e. The number of aromatic nitrogens is 1. The molecule has 28 heavy (non-hydrogen) atoms. The van der Waals surface area contributed by atoms with E-state index in [0.29, 0.717) is 11.4 Å². The van der Waals surface area contributed by atoms with Crippen LogP contribution in [-0.4, -0.2) is 4.92 Å². The number of pyridine rings is 1. The monoisotopic (exact) mass is 394 g/mol. The first-order valence-electron chi connectivity index (χ1n) is 8.68. The highest BCUT2D eigenvalue weighted by Gasteiger charge is 2.23. The fourth-order valence-corrected chi connectivity index (χ4v) is 3.64. The van der Waals surface area contributed by atoms with E-state index in [4.69, 9.17) is 11.5 Å². The molecule has 142 valence electrons. The van der Waals surface area contributed by atoms with E-state index in [9.17, 15) is 10.1 Å². The topological polar surface area (TPSA) is 99.1 Å². The number of nitro groups is 1. The lowest BCUT2D eigenvalue weighted by atomic mass is 9.98. The highest BCUT2D eigenvalue weighted by Crippen LogP contribution is 2.33. The number of nitrogen functional groups attached to an aromatic ring is 2. The summed E-state index contributed by atoms with van der Waals surface area (Å²) in [5.41, 5.74) is 16.4. The summed E-state index contributed by atoms with van der Waals surface area (Å²) >= 11 is 0. The molecular weight excluding hydrogens is 376 g/mol. The summed E-state index contributed by atoms with van der Waals surface area (Å²) in [5, 5.41) is 14.2. The molecule has 4 rings (SSSR count). The first-order valence-corrected chi connectivity index (χ1v) is 8.68. The first-order chi connectivity index (χ1) is 13.0. The Morgan fingerprint density at radius 1 is 0.893 bits per heavy atom. The van der Waals surface area contributed by atoms with Gasteiger partial charge in [0, 0.05) is 40.5 Å². The molecule has 0 fully saturated rings. The molecule has 0 aliphatic carbocycles. The molecular formula is C21H19ClN4O2. The molecule has 0 spiro atoms. The van der Waals surface area contributed by atoms with E-state index in [2.05, 4.69) is 11.5 Å². The number of fused-ring (bicyclic) bond motifs is 3. The van der Waals surface area contributed by atoms with Crippen LogP contribution in [0.5, 0.6) is 0 Å². The molecule has 4 aromatic rings. The summed E-state index contributed by atoms with van der Waals surface area (Å²) in [7, 11) is 0. The Morgan fingerprint density at radius 2 is 1.50 bits per heavy atom. The second-order valence-corrected chi connectivity index (χ2v) is 6.48. The molecule has 0 aliphatic rings. The SMILES string of the molecule is CC[n+]1c(-c2ccc([N+](=O)[O-])cc2)c2cc(N)ccc2c2ccc(N)cc21.[Cl-]. The number of halogens is 1. The van der Waals surface area contributed by atoms with E-state index in [0.717, 1.165) is 39.5 Å². The summed E-state index contributed by atoms with van der Waals surface area (Å²) in [5.74, 6) is 0. The van der Waals surface area contributed by atoms with Crippen LogP contribution in [0.4, 0.5) is 17.1 Å². The summed E-state index contributed by atoms with van der Waals surface area (Å²) < 4.78 is 2.18.